The zero-order valence-electron chi connectivity index (χ0n) is 23.1. The molecule has 0 atom stereocenters. The summed E-state index contributed by atoms with van der Waals surface area (Å²) >= 11 is 5.47. The van der Waals surface area contributed by atoms with Crippen molar-refractivity contribution in [3.05, 3.63) is 114 Å². The number of amides is 2. The molecule has 42 heavy (non-hydrogen) atoms. The van der Waals surface area contributed by atoms with Crippen LogP contribution in [0, 0.1) is 5.41 Å². The number of nitrogens with one attached hydrogen (secondary N) is 3. The molecule has 0 bridgehead atoms. The van der Waals surface area contributed by atoms with Crippen LogP contribution >= 0.6 is 12.2 Å². The number of nitrogens with zero attached hydrogens (tertiary/aromatic N) is 1. The van der Waals surface area contributed by atoms with Gasteiger partial charge in [-0.15, -0.1) is 0 Å². The highest BCUT2D eigenvalue weighted by Gasteiger charge is 2.16. The summed E-state index contributed by atoms with van der Waals surface area (Å²) in [6.45, 7) is 2.66. The number of primary sulfonamides is 1. The monoisotopic (exact) mass is 601 g/mol. The molecule has 0 heterocycles. The van der Waals surface area contributed by atoms with Crippen LogP contribution in [0.2, 0.25) is 0 Å². The lowest BCUT2D eigenvalue weighted by Crippen LogP contribution is -2.34. The lowest BCUT2D eigenvalue weighted by molar-refractivity contribution is 0.212. The highest BCUT2D eigenvalue weighted by molar-refractivity contribution is 7.89. The maximum Gasteiger partial charge on any atom is 0.322 e. The van der Waals surface area contributed by atoms with Gasteiger partial charge < -0.3 is 20.3 Å². The first-order valence-corrected chi connectivity index (χ1v) is 15.0. The molecule has 0 spiro atoms. The van der Waals surface area contributed by atoms with Crippen LogP contribution < -0.4 is 20.5 Å². The second-order valence-corrected chi connectivity index (χ2v) is 11.3. The van der Waals surface area contributed by atoms with Gasteiger partial charge in [0.25, 0.3) is 0 Å². The number of carbonyl (C=O) groups excluding carboxylic acids is 1. The lowest BCUT2D eigenvalue weighted by atomic mass is 10.1. The van der Waals surface area contributed by atoms with Crippen molar-refractivity contribution in [2.75, 3.05) is 19.0 Å². The summed E-state index contributed by atoms with van der Waals surface area (Å²) in [5, 5.41) is 19.7. The van der Waals surface area contributed by atoms with Gasteiger partial charge in [-0.2, -0.15) is 0 Å². The molecule has 0 saturated heterocycles. The van der Waals surface area contributed by atoms with Crippen molar-refractivity contribution in [2.45, 2.75) is 18.4 Å². The van der Waals surface area contributed by atoms with Crippen LogP contribution in [0.5, 0.6) is 5.75 Å². The minimum Gasteiger partial charge on any atom is -0.497 e. The molecular formula is C31H31N5O4S2. The molecule has 9 nitrogen and oxygen atoms in total. The quantitative estimate of drug-likeness (QED) is 0.116. The second kappa shape index (κ2) is 13.4. The molecule has 2 amide bonds. The molecule has 4 aromatic carbocycles. The van der Waals surface area contributed by atoms with E-state index in [1.54, 1.807) is 72.7 Å². The summed E-state index contributed by atoms with van der Waals surface area (Å²) in [5.41, 5.74) is 3.95. The molecule has 0 saturated carbocycles. The Bertz CT molecular complexity index is 1710. The predicted molar refractivity (Wildman–Crippen MR) is 169 cm³/mol. The van der Waals surface area contributed by atoms with E-state index >= 15 is 0 Å². The number of rotatable bonds is 9. The van der Waals surface area contributed by atoms with Crippen molar-refractivity contribution >= 4 is 44.8 Å². The normalized spacial score (nSPS) is 10.9. The summed E-state index contributed by atoms with van der Waals surface area (Å²) in [5.74, 6) is 0.867. The Balaban J connectivity index is 1.40. The molecule has 5 N–H and O–H groups in total. The number of sulfonamides is 1. The largest absolute Gasteiger partial charge is 0.497 e. The number of anilines is 1. The first-order valence-electron chi connectivity index (χ1n) is 13.0. The number of carbonyl (C=O) groups is 1. The van der Waals surface area contributed by atoms with Crippen molar-refractivity contribution in [3.63, 3.8) is 0 Å². The molecule has 0 aliphatic carbocycles. The van der Waals surface area contributed by atoms with E-state index < -0.39 is 10.0 Å². The van der Waals surface area contributed by atoms with Crippen LogP contribution in [0.3, 0.4) is 0 Å². The van der Waals surface area contributed by atoms with Crippen LogP contribution in [0.4, 0.5) is 10.5 Å². The Labute approximate surface area is 250 Å². The Kier molecular flexibility index (Phi) is 9.68. The average molecular weight is 602 g/mol. The summed E-state index contributed by atoms with van der Waals surface area (Å²) in [6.07, 6.45) is 0. The number of benzene rings is 4. The molecule has 0 aliphatic heterocycles. The molecule has 4 aromatic rings. The second-order valence-electron chi connectivity index (χ2n) is 9.32. The van der Waals surface area contributed by atoms with Crippen LogP contribution in [0.25, 0.3) is 11.1 Å². The average Bonchev–Trinajstić information content (AvgIpc) is 3.00. The molecule has 11 heteroatoms. The van der Waals surface area contributed by atoms with Crippen molar-refractivity contribution < 1.29 is 17.9 Å². The predicted octanol–water partition coefficient (Wildman–Crippen LogP) is 5.35. The van der Waals surface area contributed by atoms with Crippen molar-refractivity contribution in [1.29, 1.82) is 5.41 Å². The van der Waals surface area contributed by atoms with E-state index in [9.17, 15) is 13.2 Å². The molecular weight excluding hydrogens is 571 g/mol. The molecule has 0 aromatic heterocycles. The van der Waals surface area contributed by atoms with Gasteiger partial charge >= 0.3 is 6.03 Å². The SMILES string of the molecule is CCN(Cc1cccc(C(=N)NC(=S)c2ccc(OC)cc2)c1)C(=O)Nc1ccc(-c2ccccc2S(N)(=O)=O)cc1. The Morgan fingerprint density at radius 1 is 0.952 bits per heavy atom. The minimum atomic E-state index is -3.89. The zero-order valence-corrected chi connectivity index (χ0v) is 24.8. The van der Waals surface area contributed by atoms with E-state index in [0.29, 0.717) is 40.5 Å². The highest BCUT2D eigenvalue weighted by atomic mass is 32.2. The van der Waals surface area contributed by atoms with E-state index in [1.807, 2.05) is 37.3 Å². The van der Waals surface area contributed by atoms with E-state index in [-0.39, 0.29) is 16.8 Å². The van der Waals surface area contributed by atoms with Gasteiger partial charge in [-0.05, 0) is 66.6 Å². The van der Waals surface area contributed by atoms with Crippen LogP contribution in [0.15, 0.2) is 102 Å². The Morgan fingerprint density at radius 2 is 1.64 bits per heavy atom. The maximum atomic E-state index is 13.1. The fraction of sp³-hybridized carbons (Fsp3) is 0.129. The molecule has 0 unspecified atom stereocenters. The van der Waals surface area contributed by atoms with Gasteiger partial charge in [-0.3, -0.25) is 5.41 Å². The van der Waals surface area contributed by atoms with Gasteiger partial charge in [0.05, 0.1) is 12.0 Å². The van der Waals surface area contributed by atoms with Crippen LogP contribution in [-0.2, 0) is 16.6 Å². The summed E-state index contributed by atoms with van der Waals surface area (Å²) in [6, 6.07) is 27.7. The topological polar surface area (TPSA) is 138 Å². The standard InChI is InChI=1S/C31H31N5O4S2/c1-3-36(31(37)34-25-15-11-22(12-16-25)27-9-4-5-10-28(27)42(33,38)39)20-21-7-6-8-24(19-21)29(32)35-30(41)23-13-17-26(40-2)18-14-23/h4-19H,3,20H2,1-2H3,(H,34,37)(H2,32,35,41)(H2,33,38,39). The van der Waals surface area contributed by atoms with E-state index in [2.05, 4.69) is 10.6 Å². The van der Waals surface area contributed by atoms with Crippen molar-refractivity contribution in [2.24, 2.45) is 5.14 Å². The summed E-state index contributed by atoms with van der Waals surface area (Å²) in [7, 11) is -2.30. The van der Waals surface area contributed by atoms with Gasteiger partial charge in [-0.25, -0.2) is 18.4 Å². The lowest BCUT2D eigenvalue weighted by Gasteiger charge is -2.22. The minimum absolute atomic E-state index is 0.0343. The molecule has 216 valence electrons. The summed E-state index contributed by atoms with van der Waals surface area (Å²) in [4.78, 5) is 15.2. The third-order valence-corrected chi connectivity index (χ3v) is 7.80. The molecule has 0 radical (unpaired) electrons. The zero-order chi connectivity index (χ0) is 30.3. The van der Waals surface area contributed by atoms with E-state index in [4.69, 9.17) is 27.5 Å². The van der Waals surface area contributed by atoms with Gasteiger partial charge in [0.1, 0.15) is 16.6 Å². The van der Waals surface area contributed by atoms with Crippen molar-refractivity contribution in [3.8, 4) is 16.9 Å². The first kappa shape index (κ1) is 30.4. The fourth-order valence-electron chi connectivity index (χ4n) is 4.26. The number of methoxy groups -OCH3 is 1. The maximum absolute atomic E-state index is 13.1. The van der Waals surface area contributed by atoms with Crippen LogP contribution in [0.1, 0.15) is 23.6 Å². The van der Waals surface area contributed by atoms with Gasteiger partial charge in [0.15, 0.2) is 0 Å². The van der Waals surface area contributed by atoms with Gasteiger partial charge in [-0.1, -0.05) is 60.7 Å². The van der Waals surface area contributed by atoms with Gasteiger partial charge in [0.2, 0.25) is 10.0 Å². The Hall–Kier alpha value is -4.58. The van der Waals surface area contributed by atoms with E-state index in [1.165, 1.54) is 6.07 Å². The number of thiocarbonyl (C=S) groups is 1. The number of hydrogen-bond donors (Lipinski definition) is 4. The number of ether oxygens (including phenoxy) is 1. The van der Waals surface area contributed by atoms with Gasteiger partial charge in [0, 0.05) is 35.5 Å². The smallest absolute Gasteiger partial charge is 0.322 e. The molecule has 0 fully saturated rings. The first-order chi connectivity index (χ1) is 20.1. The molecule has 4 rings (SSSR count). The third kappa shape index (κ3) is 7.58. The summed E-state index contributed by atoms with van der Waals surface area (Å²) < 4.78 is 29.1. The number of hydrogen-bond acceptors (Lipinski definition) is 6. The van der Waals surface area contributed by atoms with E-state index in [0.717, 1.165) is 16.9 Å². The highest BCUT2D eigenvalue weighted by Crippen LogP contribution is 2.27. The van der Waals surface area contributed by atoms with Crippen LogP contribution in [-0.4, -0.2) is 43.8 Å². The number of urea groups is 1. The third-order valence-electron chi connectivity index (χ3n) is 6.49. The van der Waals surface area contributed by atoms with Crippen molar-refractivity contribution in [1.82, 2.24) is 10.2 Å². The fourth-order valence-corrected chi connectivity index (χ4v) is 5.26. The molecule has 0 aliphatic rings. The number of nitrogens with two attached hydrogens (primary N) is 1. The Morgan fingerprint density at radius 3 is 2.29 bits per heavy atom. The number of amidine groups is 1.